The van der Waals surface area contributed by atoms with Crippen LogP contribution in [0.2, 0.25) is 0 Å². The van der Waals surface area contributed by atoms with Crippen LogP contribution in [0.25, 0.3) is 0 Å². The first kappa shape index (κ1) is 18.4. The van der Waals surface area contributed by atoms with Crippen molar-refractivity contribution in [1.82, 2.24) is 14.4 Å². The zero-order valence-electron chi connectivity index (χ0n) is 14.9. The summed E-state index contributed by atoms with van der Waals surface area (Å²) in [6.07, 6.45) is 0. The van der Waals surface area contributed by atoms with Crippen molar-refractivity contribution < 1.29 is 22.5 Å². The molecule has 1 fully saturated rings. The third-order valence-corrected chi connectivity index (χ3v) is 6.55. The first-order valence-electron chi connectivity index (χ1n) is 8.21. The summed E-state index contributed by atoms with van der Waals surface area (Å²) in [5.41, 5.74) is 0.865. The molecule has 0 bridgehead atoms. The molecule has 1 aliphatic rings. The molecule has 1 saturated heterocycles. The van der Waals surface area contributed by atoms with E-state index in [9.17, 15) is 13.2 Å². The predicted octanol–water partition coefficient (Wildman–Crippen LogP) is 1.45. The molecule has 3 rings (SSSR count). The molecule has 0 saturated carbocycles. The number of nitrogens with zero attached hydrogens (tertiary/aromatic N) is 3. The average Bonchev–Trinajstić information content (AvgIpc) is 3.00. The smallest absolute Gasteiger partial charge is 0.254 e. The summed E-state index contributed by atoms with van der Waals surface area (Å²) in [7, 11) is -2.14. The second-order valence-electron chi connectivity index (χ2n) is 6.08. The molecule has 26 heavy (non-hydrogen) atoms. The minimum Gasteiger partial charge on any atom is -0.497 e. The van der Waals surface area contributed by atoms with Gasteiger partial charge in [-0.25, -0.2) is 8.42 Å². The second kappa shape index (κ2) is 7.08. The lowest BCUT2D eigenvalue weighted by Crippen LogP contribution is -2.50. The third kappa shape index (κ3) is 3.32. The van der Waals surface area contributed by atoms with Gasteiger partial charge in [-0.15, -0.1) is 0 Å². The molecule has 0 spiro atoms. The van der Waals surface area contributed by atoms with E-state index < -0.39 is 10.0 Å². The Morgan fingerprint density at radius 1 is 1.19 bits per heavy atom. The van der Waals surface area contributed by atoms with Gasteiger partial charge < -0.3 is 14.2 Å². The van der Waals surface area contributed by atoms with Crippen LogP contribution in [0.15, 0.2) is 33.7 Å². The van der Waals surface area contributed by atoms with Crippen LogP contribution in [-0.4, -0.2) is 62.0 Å². The second-order valence-corrected chi connectivity index (χ2v) is 7.96. The lowest BCUT2D eigenvalue weighted by molar-refractivity contribution is 0.0697. The highest BCUT2D eigenvalue weighted by Gasteiger charge is 2.34. The summed E-state index contributed by atoms with van der Waals surface area (Å²) in [4.78, 5) is 14.4. The van der Waals surface area contributed by atoms with E-state index in [2.05, 4.69) is 5.16 Å². The van der Waals surface area contributed by atoms with Gasteiger partial charge in [0.05, 0.1) is 7.11 Å². The van der Waals surface area contributed by atoms with Gasteiger partial charge in [0.15, 0.2) is 5.76 Å². The van der Waals surface area contributed by atoms with Gasteiger partial charge in [0.25, 0.3) is 5.91 Å². The van der Waals surface area contributed by atoms with Gasteiger partial charge in [0, 0.05) is 31.7 Å². The zero-order valence-corrected chi connectivity index (χ0v) is 15.7. The Hall–Kier alpha value is -2.39. The van der Waals surface area contributed by atoms with Gasteiger partial charge in [0.1, 0.15) is 16.3 Å². The summed E-state index contributed by atoms with van der Waals surface area (Å²) < 4.78 is 37.1. The molecule has 1 aromatic carbocycles. The van der Waals surface area contributed by atoms with Crippen LogP contribution in [-0.2, 0) is 10.0 Å². The quantitative estimate of drug-likeness (QED) is 0.798. The van der Waals surface area contributed by atoms with Crippen LogP contribution in [0.4, 0.5) is 0 Å². The molecule has 0 radical (unpaired) electrons. The van der Waals surface area contributed by atoms with Gasteiger partial charge in [-0.2, -0.15) is 4.31 Å². The summed E-state index contributed by atoms with van der Waals surface area (Å²) in [6, 6.07) is 6.92. The molecule has 0 unspecified atom stereocenters. The number of sulfonamides is 1. The Morgan fingerprint density at radius 3 is 2.46 bits per heavy atom. The maximum absolute atomic E-state index is 12.8. The number of rotatable bonds is 4. The third-order valence-electron chi connectivity index (χ3n) is 4.41. The van der Waals surface area contributed by atoms with E-state index in [1.165, 1.54) is 4.31 Å². The fourth-order valence-electron chi connectivity index (χ4n) is 3.04. The Morgan fingerprint density at radius 2 is 1.88 bits per heavy atom. The molecular weight excluding hydrogens is 358 g/mol. The number of carbonyl (C=O) groups is 1. The Balaban J connectivity index is 1.72. The number of hydrogen-bond acceptors (Lipinski definition) is 6. The number of hydrogen-bond donors (Lipinski definition) is 0. The SMILES string of the molecule is COc1cccc(C(=O)N2CCN(S(=O)(=O)c3c(C)noc3C)CC2)c1. The van der Waals surface area contributed by atoms with Crippen molar-refractivity contribution in [3.05, 3.63) is 41.3 Å². The molecule has 0 N–H and O–H groups in total. The standard InChI is InChI=1S/C17H21N3O5S/c1-12-16(13(2)25-18-12)26(22,23)20-9-7-19(8-10-20)17(21)14-5-4-6-15(11-14)24-3/h4-6,11H,7-10H2,1-3H3. The zero-order chi connectivity index (χ0) is 18.9. The molecule has 0 aliphatic carbocycles. The predicted molar refractivity (Wildman–Crippen MR) is 93.6 cm³/mol. The molecule has 140 valence electrons. The fourth-order valence-corrected chi connectivity index (χ4v) is 4.76. The van der Waals surface area contributed by atoms with Crippen LogP contribution in [0, 0.1) is 13.8 Å². The Kier molecular flexibility index (Phi) is 5.01. The molecule has 0 atom stereocenters. The normalized spacial score (nSPS) is 15.9. The van der Waals surface area contributed by atoms with Crippen LogP contribution in [0.3, 0.4) is 0 Å². The average molecular weight is 379 g/mol. The summed E-state index contributed by atoms with van der Waals surface area (Å²) >= 11 is 0. The number of aryl methyl sites for hydroxylation is 2. The minimum absolute atomic E-state index is 0.116. The summed E-state index contributed by atoms with van der Waals surface area (Å²) in [5, 5.41) is 3.72. The molecule has 1 aliphatic heterocycles. The highest BCUT2D eigenvalue weighted by atomic mass is 32.2. The number of amides is 1. The van der Waals surface area contributed by atoms with E-state index in [0.29, 0.717) is 30.1 Å². The van der Waals surface area contributed by atoms with Crippen molar-refractivity contribution in [2.75, 3.05) is 33.3 Å². The monoisotopic (exact) mass is 379 g/mol. The number of ether oxygens (including phenoxy) is 1. The molecule has 9 heteroatoms. The maximum Gasteiger partial charge on any atom is 0.254 e. The highest BCUT2D eigenvalue weighted by Crippen LogP contribution is 2.24. The van der Waals surface area contributed by atoms with Crippen molar-refractivity contribution in [1.29, 1.82) is 0 Å². The van der Waals surface area contributed by atoms with Crippen molar-refractivity contribution in [3.63, 3.8) is 0 Å². The van der Waals surface area contributed by atoms with Crippen molar-refractivity contribution >= 4 is 15.9 Å². The number of aromatic nitrogens is 1. The van der Waals surface area contributed by atoms with Gasteiger partial charge in [0.2, 0.25) is 10.0 Å². The van der Waals surface area contributed by atoms with E-state index >= 15 is 0 Å². The van der Waals surface area contributed by atoms with Gasteiger partial charge in [-0.05, 0) is 32.0 Å². The fraction of sp³-hybridized carbons (Fsp3) is 0.412. The van der Waals surface area contributed by atoms with Gasteiger partial charge in [-0.1, -0.05) is 11.2 Å². The van der Waals surface area contributed by atoms with Crippen LogP contribution in [0.5, 0.6) is 5.75 Å². The topological polar surface area (TPSA) is 93.0 Å². The van der Waals surface area contributed by atoms with E-state index in [-0.39, 0.29) is 29.7 Å². The minimum atomic E-state index is -3.69. The van der Waals surface area contributed by atoms with E-state index in [1.807, 2.05) is 0 Å². The van der Waals surface area contributed by atoms with Crippen molar-refractivity contribution in [3.8, 4) is 5.75 Å². The molecule has 2 aromatic rings. The largest absolute Gasteiger partial charge is 0.497 e. The van der Waals surface area contributed by atoms with E-state index in [1.54, 1.807) is 50.1 Å². The maximum atomic E-state index is 12.8. The number of benzene rings is 1. The molecular formula is C17H21N3O5S. The number of methoxy groups -OCH3 is 1. The van der Waals surface area contributed by atoms with Crippen molar-refractivity contribution in [2.24, 2.45) is 0 Å². The van der Waals surface area contributed by atoms with E-state index in [4.69, 9.17) is 9.26 Å². The molecule has 2 heterocycles. The van der Waals surface area contributed by atoms with Crippen LogP contribution >= 0.6 is 0 Å². The number of carbonyl (C=O) groups excluding carboxylic acids is 1. The first-order valence-corrected chi connectivity index (χ1v) is 9.65. The molecule has 1 aromatic heterocycles. The van der Waals surface area contributed by atoms with Crippen molar-refractivity contribution in [2.45, 2.75) is 18.7 Å². The van der Waals surface area contributed by atoms with Gasteiger partial charge >= 0.3 is 0 Å². The summed E-state index contributed by atoms with van der Waals surface area (Å²) in [5.74, 6) is 0.742. The van der Waals surface area contributed by atoms with Gasteiger partial charge in [-0.3, -0.25) is 4.79 Å². The first-order chi connectivity index (χ1) is 12.3. The summed E-state index contributed by atoms with van der Waals surface area (Å²) in [6.45, 7) is 4.27. The lowest BCUT2D eigenvalue weighted by Gasteiger charge is -2.34. The van der Waals surface area contributed by atoms with E-state index in [0.717, 1.165) is 0 Å². The Bertz CT molecular complexity index is 895. The molecule has 8 nitrogen and oxygen atoms in total. The molecule has 1 amide bonds. The van der Waals surface area contributed by atoms with Crippen LogP contribution < -0.4 is 4.74 Å². The Labute approximate surface area is 152 Å². The lowest BCUT2D eigenvalue weighted by atomic mass is 10.1. The van der Waals surface area contributed by atoms with Crippen LogP contribution in [0.1, 0.15) is 21.8 Å². The highest BCUT2D eigenvalue weighted by molar-refractivity contribution is 7.89. The number of piperazine rings is 1.